The van der Waals surface area contributed by atoms with Crippen molar-refractivity contribution in [2.75, 3.05) is 11.9 Å². The molecule has 0 amide bonds. The van der Waals surface area contributed by atoms with Crippen molar-refractivity contribution < 1.29 is 0 Å². The van der Waals surface area contributed by atoms with E-state index in [1.807, 2.05) is 12.4 Å². The Kier molecular flexibility index (Phi) is 5.67. The van der Waals surface area contributed by atoms with E-state index in [0.717, 1.165) is 6.54 Å². The van der Waals surface area contributed by atoms with Crippen molar-refractivity contribution in [2.24, 2.45) is 0 Å². The van der Waals surface area contributed by atoms with Gasteiger partial charge in [0.05, 0.1) is 0 Å². The summed E-state index contributed by atoms with van der Waals surface area (Å²) in [5, 5.41) is 6.02. The molecular formula is C17H24N2. The highest BCUT2D eigenvalue weighted by molar-refractivity contribution is 5.93. The first-order chi connectivity index (χ1) is 9.42. The minimum Gasteiger partial charge on any atom is -0.385 e. The number of pyridine rings is 1. The molecule has 0 aliphatic heterocycles. The first-order valence-electron chi connectivity index (χ1n) is 7.48. The van der Waals surface area contributed by atoms with Crippen LogP contribution in [0.1, 0.15) is 45.4 Å². The van der Waals surface area contributed by atoms with Crippen molar-refractivity contribution in [3.05, 3.63) is 36.7 Å². The maximum atomic E-state index is 4.16. The lowest BCUT2D eigenvalue weighted by atomic mass is 10.1. The largest absolute Gasteiger partial charge is 0.385 e. The highest BCUT2D eigenvalue weighted by Crippen LogP contribution is 2.22. The second-order valence-corrected chi connectivity index (χ2v) is 5.10. The van der Waals surface area contributed by atoms with E-state index in [2.05, 4.69) is 41.5 Å². The summed E-state index contributed by atoms with van der Waals surface area (Å²) in [7, 11) is 0. The number of anilines is 1. The average Bonchev–Trinajstić information content (AvgIpc) is 2.46. The molecular weight excluding hydrogens is 232 g/mol. The van der Waals surface area contributed by atoms with Crippen LogP contribution in [-0.4, -0.2) is 11.5 Å². The predicted octanol–water partition coefficient (Wildman–Crippen LogP) is 5.01. The van der Waals surface area contributed by atoms with Gasteiger partial charge < -0.3 is 5.32 Å². The van der Waals surface area contributed by atoms with Crippen LogP contribution in [0, 0.1) is 0 Å². The van der Waals surface area contributed by atoms with E-state index in [1.54, 1.807) is 0 Å². The van der Waals surface area contributed by atoms with Crippen molar-refractivity contribution in [2.45, 2.75) is 45.4 Å². The van der Waals surface area contributed by atoms with E-state index < -0.39 is 0 Å². The number of aromatic nitrogens is 1. The smallest absolute Gasteiger partial charge is 0.0420 e. The molecule has 1 heterocycles. The molecule has 0 fully saturated rings. The number of hydrogen-bond donors (Lipinski definition) is 1. The summed E-state index contributed by atoms with van der Waals surface area (Å²) in [5.74, 6) is 0. The number of rotatable bonds is 8. The van der Waals surface area contributed by atoms with Crippen LogP contribution in [-0.2, 0) is 0 Å². The van der Waals surface area contributed by atoms with Gasteiger partial charge in [-0.25, -0.2) is 0 Å². The molecule has 1 aromatic carbocycles. The molecule has 1 aromatic heterocycles. The van der Waals surface area contributed by atoms with Gasteiger partial charge in [-0.05, 0) is 18.6 Å². The SMILES string of the molecule is CCCCCCCCNc1cccc2cnccc12. The lowest BCUT2D eigenvalue weighted by Crippen LogP contribution is -2.01. The molecule has 2 heteroatoms. The topological polar surface area (TPSA) is 24.9 Å². The van der Waals surface area contributed by atoms with Gasteiger partial charge >= 0.3 is 0 Å². The van der Waals surface area contributed by atoms with E-state index in [1.165, 1.54) is 55.0 Å². The zero-order chi connectivity index (χ0) is 13.3. The summed E-state index contributed by atoms with van der Waals surface area (Å²) in [6, 6.07) is 8.43. The fourth-order valence-electron chi connectivity index (χ4n) is 2.41. The zero-order valence-corrected chi connectivity index (χ0v) is 11.9. The Hall–Kier alpha value is -1.57. The normalized spacial score (nSPS) is 10.8. The van der Waals surface area contributed by atoms with E-state index >= 15 is 0 Å². The van der Waals surface area contributed by atoms with Gasteiger partial charge in [0.1, 0.15) is 0 Å². The van der Waals surface area contributed by atoms with E-state index in [9.17, 15) is 0 Å². The Morgan fingerprint density at radius 2 is 1.84 bits per heavy atom. The maximum absolute atomic E-state index is 4.16. The lowest BCUT2D eigenvalue weighted by Gasteiger charge is -2.09. The number of nitrogens with one attached hydrogen (secondary N) is 1. The number of fused-ring (bicyclic) bond motifs is 1. The van der Waals surface area contributed by atoms with Gasteiger partial charge in [0.25, 0.3) is 0 Å². The minimum absolute atomic E-state index is 1.06. The van der Waals surface area contributed by atoms with Gasteiger partial charge in [-0.2, -0.15) is 0 Å². The number of nitrogens with zero attached hydrogens (tertiary/aromatic N) is 1. The third-order valence-corrected chi connectivity index (χ3v) is 3.53. The Bertz CT molecular complexity index is 488. The number of hydrogen-bond acceptors (Lipinski definition) is 2. The van der Waals surface area contributed by atoms with Crippen LogP contribution in [0.15, 0.2) is 36.7 Å². The molecule has 0 atom stereocenters. The third kappa shape index (κ3) is 4.23. The van der Waals surface area contributed by atoms with Crippen molar-refractivity contribution >= 4 is 16.5 Å². The molecule has 0 spiro atoms. The molecule has 0 saturated carbocycles. The fraction of sp³-hybridized carbons (Fsp3) is 0.471. The van der Waals surface area contributed by atoms with Crippen LogP contribution < -0.4 is 5.32 Å². The van der Waals surface area contributed by atoms with Crippen molar-refractivity contribution in [1.29, 1.82) is 0 Å². The van der Waals surface area contributed by atoms with Gasteiger partial charge in [-0.15, -0.1) is 0 Å². The molecule has 0 radical (unpaired) electrons. The highest BCUT2D eigenvalue weighted by atomic mass is 14.9. The van der Waals surface area contributed by atoms with E-state index in [-0.39, 0.29) is 0 Å². The standard InChI is InChI=1S/C17H24N2/c1-2-3-4-5-6-7-12-19-17-10-8-9-15-14-18-13-11-16(15)17/h8-11,13-14,19H,2-7,12H2,1H3. The van der Waals surface area contributed by atoms with Gasteiger partial charge in [0.15, 0.2) is 0 Å². The van der Waals surface area contributed by atoms with Crippen molar-refractivity contribution in [3.8, 4) is 0 Å². The van der Waals surface area contributed by atoms with Crippen molar-refractivity contribution in [1.82, 2.24) is 4.98 Å². The van der Waals surface area contributed by atoms with Crippen LogP contribution >= 0.6 is 0 Å². The molecule has 0 aliphatic carbocycles. The third-order valence-electron chi connectivity index (χ3n) is 3.53. The van der Waals surface area contributed by atoms with Gasteiger partial charge in [-0.3, -0.25) is 4.98 Å². The molecule has 0 aliphatic rings. The summed E-state index contributed by atoms with van der Waals surface area (Å²) < 4.78 is 0. The minimum atomic E-state index is 1.06. The maximum Gasteiger partial charge on any atom is 0.0420 e. The molecule has 0 saturated heterocycles. The molecule has 2 rings (SSSR count). The van der Waals surface area contributed by atoms with Crippen LogP contribution in [0.5, 0.6) is 0 Å². The summed E-state index contributed by atoms with van der Waals surface area (Å²) in [5.41, 5.74) is 1.23. The molecule has 0 bridgehead atoms. The number of unbranched alkanes of at least 4 members (excludes halogenated alkanes) is 5. The summed E-state index contributed by atoms with van der Waals surface area (Å²) >= 11 is 0. The quantitative estimate of drug-likeness (QED) is 0.672. The van der Waals surface area contributed by atoms with E-state index in [4.69, 9.17) is 0 Å². The van der Waals surface area contributed by atoms with Crippen LogP contribution in [0.4, 0.5) is 5.69 Å². The predicted molar refractivity (Wildman–Crippen MR) is 83.6 cm³/mol. The van der Waals surface area contributed by atoms with Crippen LogP contribution in [0.25, 0.3) is 10.8 Å². The van der Waals surface area contributed by atoms with Gasteiger partial charge in [0.2, 0.25) is 0 Å². The van der Waals surface area contributed by atoms with Crippen molar-refractivity contribution in [3.63, 3.8) is 0 Å². The molecule has 19 heavy (non-hydrogen) atoms. The lowest BCUT2D eigenvalue weighted by molar-refractivity contribution is 0.617. The summed E-state index contributed by atoms with van der Waals surface area (Å²) in [4.78, 5) is 4.16. The highest BCUT2D eigenvalue weighted by Gasteiger charge is 1.99. The van der Waals surface area contributed by atoms with Gasteiger partial charge in [0, 0.05) is 35.4 Å². The average molecular weight is 256 g/mol. The summed E-state index contributed by atoms with van der Waals surface area (Å²) in [6.07, 6.45) is 11.8. The Morgan fingerprint density at radius 1 is 1.00 bits per heavy atom. The molecule has 0 unspecified atom stereocenters. The Balaban J connectivity index is 1.78. The second kappa shape index (κ2) is 7.78. The van der Waals surface area contributed by atoms with E-state index in [0.29, 0.717) is 0 Å². The van der Waals surface area contributed by atoms with Crippen LogP contribution in [0.2, 0.25) is 0 Å². The first-order valence-corrected chi connectivity index (χ1v) is 7.48. The second-order valence-electron chi connectivity index (χ2n) is 5.10. The monoisotopic (exact) mass is 256 g/mol. The van der Waals surface area contributed by atoms with Crippen LogP contribution in [0.3, 0.4) is 0 Å². The zero-order valence-electron chi connectivity index (χ0n) is 11.9. The first kappa shape index (κ1) is 13.9. The molecule has 2 aromatic rings. The summed E-state index contributed by atoms with van der Waals surface area (Å²) in [6.45, 7) is 3.32. The Labute approximate surface area is 116 Å². The van der Waals surface area contributed by atoms with Gasteiger partial charge in [-0.1, -0.05) is 51.2 Å². The molecule has 102 valence electrons. The number of benzene rings is 1. The molecule has 2 nitrogen and oxygen atoms in total. The Morgan fingerprint density at radius 3 is 2.74 bits per heavy atom. The fourth-order valence-corrected chi connectivity index (χ4v) is 2.41. The molecule has 1 N–H and O–H groups in total.